The normalized spacial score (nSPS) is 11.4. The quantitative estimate of drug-likeness (QED) is 0.138. The fourth-order valence-corrected chi connectivity index (χ4v) is 10.0. The van der Waals surface area contributed by atoms with E-state index in [-0.39, 0.29) is 0 Å². The monoisotopic (exact) mass is 825 g/mol. The van der Waals surface area contributed by atoms with Gasteiger partial charge in [-0.25, -0.2) is 0 Å². The van der Waals surface area contributed by atoms with E-state index < -0.39 is 0 Å². The third kappa shape index (κ3) is 6.82. The lowest BCUT2D eigenvalue weighted by atomic mass is 9.89. The van der Waals surface area contributed by atoms with E-state index >= 15 is 0 Å². The number of hydrogen-bond acceptors (Lipinski definition) is 1. The Kier molecular flexibility index (Phi) is 9.58. The predicted octanol–water partition coefficient (Wildman–Crippen LogP) is 18.1. The molecule has 0 unspecified atom stereocenters. The molecule has 12 aromatic carbocycles. The third-order valence-corrected chi connectivity index (χ3v) is 13.1. The fourth-order valence-electron chi connectivity index (χ4n) is 10.0. The summed E-state index contributed by atoms with van der Waals surface area (Å²) in [6.07, 6.45) is 0. The molecule has 0 aromatic heterocycles. The van der Waals surface area contributed by atoms with E-state index in [1.54, 1.807) is 0 Å². The lowest BCUT2D eigenvalue weighted by Gasteiger charge is -2.28. The van der Waals surface area contributed by atoms with Gasteiger partial charge in [-0.2, -0.15) is 0 Å². The van der Waals surface area contributed by atoms with Gasteiger partial charge in [0.2, 0.25) is 0 Å². The van der Waals surface area contributed by atoms with Crippen LogP contribution in [0.25, 0.3) is 98.7 Å². The number of hydrogen-bond donors (Lipinski definition) is 0. The van der Waals surface area contributed by atoms with Crippen LogP contribution in [0.2, 0.25) is 0 Å². The molecule has 0 spiro atoms. The molecule has 65 heavy (non-hydrogen) atoms. The van der Waals surface area contributed by atoms with Crippen molar-refractivity contribution < 1.29 is 0 Å². The zero-order chi connectivity index (χ0) is 43.1. The van der Waals surface area contributed by atoms with Crippen LogP contribution in [0.15, 0.2) is 261 Å². The summed E-state index contributed by atoms with van der Waals surface area (Å²) in [4.78, 5) is 2.42. The molecule has 12 rings (SSSR count). The smallest absolute Gasteiger partial charge is 0.0540 e. The molecule has 304 valence electrons. The first kappa shape index (κ1) is 38.2. The summed E-state index contributed by atoms with van der Waals surface area (Å²) in [5.41, 5.74) is 15.3. The SMILES string of the molecule is c1ccc(-c2ccc(-c3ccccc3N(c3ccc(-c4ccc5ccccc5c4-c4ccccc4)cc3)c3ccc(-c4cccc5c6ccccc6c6ccccc6c45)cc3)cc2)cc1. The summed E-state index contributed by atoms with van der Waals surface area (Å²) in [7, 11) is 0. The topological polar surface area (TPSA) is 3.24 Å². The van der Waals surface area contributed by atoms with Gasteiger partial charge < -0.3 is 4.90 Å². The van der Waals surface area contributed by atoms with Crippen LogP contribution in [0, 0.1) is 0 Å². The van der Waals surface area contributed by atoms with Gasteiger partial charge in [-0.1, -0.05) is 231 Å². The fraction of sp³-hybridized carbons (Fsp3) is 0. The molecule has 0 heterocycles. The molecular weight excluding hydrogens is 783 g/mol. The molecule has 0 bridgehead atoms. The highest BCUT2D eigenvalue weighted by Gasteiger charge is 2.20. The van der Waals surface area contributed by atoms with Gasteiger partial charge in [0.25, 0.3) is 0 Å². The lowest BCUT2D eigenvalue weighted by Crippen LogP contribution is -2.11. The Labute approximate surface area is 379 Å². The van der Waals surface area contributed by atoms with Crippen molar-refractivity contribution in [2.24, 2.45) is 0 Å². The summed E-state index contributed by atoms with van der Waals surface area (Å²) in [5.74, 6) is 0. The Morgan fingerprint density at radius 3 is 1.28 bits per heavy atom. The molecule has 0 aliphatic carbocycles. The number of para-hydroxylation sites is 1. The average Bonchev–Trinajstić information content (AvgIpc) is 3.39. The van der Waals surface area contributed by atoms with E-state index in [2.05, 4.69) is 266 Å². The van der Waals surface area contributed by atoms with Crippen molar-refractivity contribution in [3.63, 3.8) is 0 Å². The van der Waals surface area contributed by atoms with Crippen molar-refractivity contribution in [1.82, 2.24) is 0 Å². The maximum Gasteiger partial charge on any atom is 0.0540 e. The largest absolute Gasteiger partial charge is 0.310 e. The number of anilines is 3. The zero-order valence-electron chi connectivity index (χ0n) is 35.8. The number of benzene rings is 12. The molecule has 0 saturated heterocycles. The summed E-state index contributed by atoms with van der Waals surface area (Å²) in [6.45, 7) is 0. The Morgan fingerprint density at radius 1 is 0.215 bits per heavy atom. The number of rotatable bonds is 8. The zero-order valence-corrected chi connectivity index (χ0v) is 35.8. The van der Waals surface area contributed by atoms with Gasteiger partial charge in [0.15, 0.2) is 0 Å². The average molecular weight is 826 g/mol. The summed E-state index contributed by atoms with van der Waals surface area (Å²) < 4.78 is 0. The van der Waals surface area contributed by atoms with Crippen molar-refractivity contribution in [3.05, 3.63) is 261 Å². The number of fused-ring (bicyclic) bond motifs is 7. The van der Waals surface area contributed by atoms with E-state index in [0.717, 1.165) is 28.2 Å². The van der Waals surface area contributed by atoms with Crippen molar-refractivity contribution in [2.75, 3.05) is 4.90 Å². The highest BCUT2D eigenvalue weighted by molar-refractivity contribution is 6.28. The molecule has 0 fully saturated rings. The van der Waals surface area contributed by atoms with Crippen LogP contribution in [-0.2, 0) is 0 Å². The van der Waals surface area contributed by atoms with Crippen LogP contribution < -0.4 is 4.90 Å². The van der Waals surface area contributed by atoms with Gasteiger partial charge in [0.05, 0.1) is 5.69 Å². The second-order valence-corrected chi connectivity index (χ2v) is 16.8. The number of nitrogens with zero attached hydrogens (tertiary/aromatic N) is 1. The van der Waals surface area contributed by atoms with Crippen LogP contribution in [0.5, 0.6) is 0 Å². The summed E-state index contributed by atoms with van der Waals surface area (Å²) in [5, 5.41) is 10.2. The van der Waals surface area contributed by atoms with E-state index in [0.29, 0.717) is 0 Å². The molecule has 1 heteroatoms. The Balaban J connectivity index is 1.00. The van der Waals surface area contributed by atoms with Gasteiger partial charge in [0, 0.05) is 16.9 Å². The van der Waals surface area contributed by atoms with E-state index in [1.807, 2.05) is 0 Å². The lowest BCUT2D eigenvalue weighted by molar-refractivity contribution is 1.28. The van der Waals surface area contributed by atoms with Gasteiger partial charge in [0.1, 0.15) is 0 Å². The minimum absolute atomic E-state index is 1.08. The molecule has 0 N–H and O–H groups in total. The molecule has 0 aliphatic rings. The first-order valence-electron chi connectivity index (χ1n) is 22.4. The van der Waals surface area contributed by atoms with E-state index in [4.69, 9.17) is 0 Å². The van der Waals surface area contributed by atoms with Crippen molar-refractivity contribution in [2.45, 2.75) is 0 Å². The molecule has 0 aliphatic heterocycles. The Morgan fingerprint density at radius 2 is 0.631 bits per heavy atom. The van der Waals surface area contributed by atoms with Gasteiger partial charge in [-0.15, -0.1) is 0 Å². The molecule has 12 aromatic rings. The predicted molar refractivity (Wildman–Crippen MR) is 278 cm³/mol. The highest BCUT2D eigenvalue weighted by atomic mass is 15.1. The van der Waals surface area contributed by atoms with E-state index in [1.165, 1.54) is 87.6 Å². The third-order valence-electron chi connectivity index (χ3n) is 13.1. The maximum atomic E-state index is 2.42. The Bertz CT molecular complexity index is 3620. The van der Waals surface area contributed by atoms with Gasteiger partial charge in [-0.3, -0.25) is 0 Å². The Hall–Kier alpha value is -8.52. The van der Waals surface area contributed by atoms with Gasteiger partial charge in [-0.05, 0) is 123 Å². The highest BCUT2D eigenvalue weighted by Crippen LogP contribution is 2.45. The molecule has 1 nitrogen and oxygen atoms in total. The standard InChI is InChI=1S/C64H43N/c1-3-16-44(17-4-1)45-30-32-47(33-31-45)53-21-13-14-29-62(53)65(52-41-36-49(37-42-52)56-43-38-46-18-7-8-22-54(46)63(56)50-19-5-2-6-20-50)51-39-34-48(35-40-51)55-27-15-28-61-59-24-10-9-23-57(59)58-25-11-12-26-60(58)64(55)61/h1-43H. The summed E-state index contributed by atoms with van der Waals surface area (Å²) >= 11 is 0. The molecule has 0 amide bonds. The van der Waals surface area contributed by atoms with Crippen LogP contribution >= 0.6 is 0 Å². The van der Waals surface area contributed by atoms with Crippen LogP contribution in [0.4, 0.5) is 17.1 Å². The maximum absolute atomic E-state index is 2.42. The second kappa shape index (κ2) is 16.3. The molecule has 0 saturated carbocycles. The first-order valence-corrected chi connectivity index (χ1v) is 22.4. The van der Waals surface area contributed by atoms with Crippen molar-refractivity contribution in [3.8, 4) is 55.6 Å². The molecule has 0 atom stereocenters. The van der Waals surface area contributed by atoms with Crippen LogP contribution in [-0.4, -0.2) is 0 Å². The second-order valence-electron chi connectivity index (χ2n) is 16.8. The first-order chi connectivity index (χ1) is 32.3. The van der Waals surface area contributed by atoms with Crippen LogP contribution in [0.1, 0.15) is 0 Å². The summed E-state index contributed by atoms with van der Waals surface area (Å²) in [6, 6.07) is 95.1. The van der Waals surface area contributed by atoms with Crippen molar-refractivity contribution >= 4 is 60.2 Å². The van der Waals surface area contributed by atoms with Gasteiger partial charge >= 0.3 is 0 Å². The minimum Gasteiger partial charge on any atom is -0.310 e. The van der Waals surface area contributed by atoms with E-state index in [9.17, 15) is 0 Å². The molecule has 0 radical (unpaired) electrons. The van der Waals surface area contributed by atoms with Crippen molar-refractivity contribution in [1.29, 1.82) is 0 Å². The molecular formula is C64H43N. The minimum atomic E-state index is 1.08. The van der Waals surface area contributed by atoms with Crippen LogP contribution in [0.3, 0.4) is 0 Å².